The summed E-state index contributed by atoms with van der Waals surface area (Å²) >= 11 is 0. The third kappa shape index (κ3) is 7.16. The Bertz CT molecular complexity index is 279. The van der Waals surface area contributed by atoms with Crippen LogP contribution in [0.5, 0.6) is 0 Å². The van der Waals surface area contributed by atoms with Gasteiger partial charge in [-0.1, -0.05) is 33.6 Å². The molecule has 0 amide bonds. The number of likely N-dealkylation sites (tertiary alicyclic amines) is 1. The Morgan fingerprint density at radius 3 is 2.33 bits per heavy atom. The fourth-order valence-electron chi connectivity index (χ4n) is 3.01. The minimum atomic E-state index is 0.751. The summed E-state index contributed by atoms with van der Waals surface area (Å²) in [6, 6.07) is 0. The van der Waals surface area contributed by atoms with Crippen molar-refractivity contribution in [3.05, 3.63) is 0 Å². The molecule has 21 heavy (non-hydrogen) atoms. The van der Waals surface area contributed by atoms with Crippen LogP contribution in [0.3, 0.4) is 0 Å². The number of hydrogen-bond donors (Lipinski definition) is 2. The second kappa shape index (κ2) is 10.9. The van der Waals surface area contributed by atoms with Crippen LogP contribution in [0.25, 0.3) is 0 Å². The topological polar surface area (TPSA) is 39.7 Å². The van der Waals surface area contributed by atoms with Crippen molar-refractivity contribution in [2.45, 2.75) is 52.9 Å². The number of nitrogens with one attached hydrogen (secondary N) is 2. The molecule has 0 aliphatic carbocycles. The molecule has 0 bridgehead atoms. The molecule has 1 aliphatic heterocycles. The maximum atomic E-state index is 4.34. The fourth-order valence-corrected chi connectivity index (χ4v) is 3.01. The Morgan fingerprint density at radius 2 is 1.81 bits per heavy atom. The molecule has 0 aromatic carbocycles. The summed E-state index contributed by atoms with van der Waals surface area (Å²) in [5.41, 5.74) is 0. The van der Waals surface area contributed by atoms with E-state index >= 15 is 0 Å². The minimum absolute atomic E-state index is 0.751. The van der Waals surface area contributed by atoms with Crippen molar-refractivity contribution < 1.29 is 0 Å². The van der Waals surface area contributed by atoms with E-state index < -0.39 is 0 Å². The van der Waals surface area contributed by atoms with E-state index in [0.717, 1.165) is 30.9 Å². The molecular formula is C17H36N4. The van der Waals surface area contributed by atoms with E-state index in [0.29, 0.717) is 0 Å². The molecule has 0 saturated carbocycles. The molecule has 0 aromatic heterocycles. The third-order valence-electron chi connectivity index (χ3n) is 4.74. The van der Waals surface area contributed by atoms with Crippen LogP contribution in [0.4, 0.5) is 0 Å². The number of guanidine groups is 1. The van der Waals surface area contributed by atoms with Crippen molar-refractivity contribution in [2.75, 3.05) is 39.8 Å². The Hall–Kier alpha value is -0.770. The quantitative estimate of drug-likeness (QED) is 0.534. The van der Waals surface area contributed by atoms with Crippen molar-refractivity contribution in [3.8, 4) is 0 Å². The van der Waals surface area contributed by atoms with Gasteiger partial charge in [-0.25, -0.2) is 0 Å². The Kier molecular flexibility index (Phi) is 9.48. The first-order chi connectivity index (χ1) is 10.2. The summed E-state index contributed by atoms with van der Waals surface area (Å²) in [6.07, 6.45) is 6.37. The highest BCUT2D eigenvalue weighted by molar-refractivity contribution is 5.79. The molecule has 1 rings (SSSR count). The van der Waals surface area contributed by atoms with Gasteiger partial charge in [-0.2, -0.15) is 0 Å². The fraction of sp³-hybridized carbons (Fsp3) is 0.941. The van der Waals surface area contributed by atoms with Crippen LogP contribution in [0.15, 0.2) is 4.99 Å². The smallest absolute Gasteiger partial charge is 0.190 e. The van der Waals surface area contributed by atoms with Gasteiger partial charge < -0.3 is 15.5 Å². The van der Waals surface area contributed by atoms with Crippen molar-refractivity contribution in [3.63, 3.8) is 0 Å². The van der Waals surface area contributed by atoms with Crippen LogP contribution < -0.4 is 10.6 Å². The highest BCUT2D eigenvalue weighted by atomic mass is 15.2. The summed E-state index contributed by atoms with van der Waals surface area (Å²) in [4.78, 5) is 6.94. The first kappa shape index (κ1) is 18.3. The highest BCUT2D eigenvalue weighted by Gasteiger charge is 2.18. The van der Waals surface area contributed by atoms with Crippen LogP contribution in [0.2, 0.25) is 0 Å². The molecule has 2 N–H and O–H groups in total. The first-order valence-corrected chi connectivity index (χ1v) is 8.90. The summed E-state index contributed by atoms with van der Waals surface area (Å²) in [5.74, 6) is 2.52. The zero-order chi connectivity index (χ0) is 15.5. The molecule has 1 fully saturated rings. The average molecular weight is 297 g/mol. The van der Waals surface area contributed by atoms with Gasteiger partial charge in [-0.15, -0.1) is 0 Å². The van der Waals surface area contributed by atoms with Crippen LogP contribution >= 0.6 is 0 Å². The lowest BCUT2D eigenvalue weighted by molar-refractivity contribution is 0.185. The standard InChI is InChI=1S/C17H36N4/c1-5-10-21-11-8-16(9-12-21)14-20-17(18-4)19-13-15(6-2)7-3/h15-16H,5-14H2,1-4H3,(H2,18,19,20). The molecule has 0 radical (unpaired) electrons. The molecule has 4 heteroatoms. The van der Waals surface area contributed by atoms with Crippen LogP contribution in [0.1, 0.15) is 52.9 Å². The normalized spacial score (nSPS) is 18.2. The maximum absolute atomic E-state index is 4.34. The van der Waals surface area contributed by atoms with E-state index in [2.05, 4.69) is 41.3 Å². The van der Waals surface area contributed by atoms with Gasteiger partial charge in [0.1, 0.15) is 0 Å². The molecule has 1 saturated heterocycles. The maximum Gasteiger partial charge on any atom is 0.190 e. The molecule has 1 heterocycles. The lowest BCUT2D eigenvalue weighted by Crippen LogP contribution is -2.44. The summed E-state index contributed by atoms with van der Waals surface area (Å²) in [5, 5.41) is 6.98. The Labute approximate surface area is 131 Å². The Morgan fingerprint density at radius 1 is 1.14 bits per heavy atom. The van der Waals surface area contributed by atoms with E-state index in [1.165, 1.54) is 51.7 Å². The van der Waals surface area contributed by atoms with Crippen LogP contribution in [0, 0.1) is 11.8 Å². The van der Waals surface area contributed by atoms with Gasteiger partial charge in [0.05, 0.1) is 0 Å². The van der Waals surface area contributed by atoms with Crippen molar-refractivity contribution in [2.24, 2.45) is 16.8 Å². The second-order valence-electron chi connectivity index (χ2n) is 6.30. The van der Waals surface area contributed by atoms with Crippen molar-refractivity contribution in [1.29, 1.82) is 0 Å². The van der Waals surface area contributed by atoms with Gasteiger partial charge in [0.2, 0.25) is 0 Å². The highest BCUT2D eigenvalue weighted by Crippen LogP contribution is 2.16. The van der Waals surface area contributed by atoms with E-state index in [9.17, 15) is 0 Å². The van der Waals surface area contributed by atoms with Gasteiger partial charge in [-0.05, 0) is 50.7 Å². The number of aliphatic imine (C=N–C) groups is 1. The average Bonchev–Trinajstić information content (AvgIpc) is 2.53. The second-order valence-corrected chi connectivity index (χ2v) is 6.30. The predicted molar refractivity (Wildman–Crippen MR) is 92.9 cm³/mol. The number of piperidine rings is 1. The minimum Gasteiger partial charge on any atom is -0.356 e. The largest absolute Gasteiger partial charge is 0.356 e. The zero-order valence-electron chi connectivity index (χ0n) is 14.6. The van der Waals surface area contributed by atoms with Gasteiger partial charge in [0.15, 0.2) is 5.96 Å². The summed E-state index contributed by atoms with van der Waals surface area (Å²) in [7, 11) is 1.87. The van der Waals surface area contributed by atoms with Crippen LogP contribution in [-0.2, 0) is 0 Å². The Balaban J connectivity index is 2.21. The molecule has 0 aromatic rings. The monoisotopic (exact) mass is 296 g/mol. The summed E-state index contributed by atoms with van der Waals surface area (Å²) < 4.78 is 0. The van der Waals surface area contributed by atoms with Gasteiger partial charge in [-0.3, -0.25) is 4.99 Å². The number of nitrogens with zero attached hydrogens (tertiary/aromatic N) is 2. The van der Waals surface area contributed by atoms with E-state index in [1.807, 2.05) is 7.05 Å². The molecule has 0 atom stereocenters. The van der Waals surface area contributed by atoms with Gasteiger partial charge in [0.25, 0.3) is 0 Å². The van der Waals surface area contributed by atoms with E-state index in [-0.39, 0.29) is 0 Å². The van der Waals surface area contributed by atoms with E-state index in [4.69, 9.17) is 0 Å². The molecular weight excluding hydrogens is 260 g/mol. The molecule has 124 valence electrons. The SMILES string of the molecule is CCCN1CCC(CNC(=NC)NCC(CC)CC)CC1. The van der Waals surface area contributed by atoms with Crippen molar-refractivity contribution in [1.82, 2.24) is 15.5 Å². The number of hydrogen-bond acceptors (Lipinski definition) is 2. The number of rotatable bonds is 8. The van der Waals surface area contributed by atoms with Crippen molar-refractivity contribution >= 4 is 5.96 Å². The van der Waals surface area contributed by atoms with Gasteiger partial charge in [0, 0.05) is 20.1 Å². The van der Waals surface area contributed by atoms with Gasteiger partial charge >= 0.3 is 0 Å². The van der Waals surface area contributed by atoms with Crippen LogP contribution in [-0.4, -0.2) is 50.6 Å². The molecule has 4 nitrogen and oxygen atoms in total. The molecule has 1 aliphatic rings. The first-order valence-electron chi connectivity index (χ1n) is 8.90. The summed E-state index contributed by atoms with van der Waals surface area (Å²) in [6.45, 7) is 12.7. The predicted octanol–water partition coefficient (Wildman–Crippen LogP) is 2.71. The van der Waals surface area contributed by atoms with E-state index in [1.54, 1.807) is 0 Å². The lowest BCUT2D eigenvalue weighted by atomic mass is 9.97. The zero-order valence-corrected chi connectivity index (χ0v) is 14.6. The molecule has 0 spiro atoms. The molecule has 0 unspecified atom stereocenters. The lowest BCUT2D eigenvalue weighted by Gasteiger charge is -2.32. The third-order valence-corrected chi connectivity index (χ3v) is 4.74.